The highest BCUT2D eigenvalue weighted by atomic mass is 16.5. The molecule has 0 atom stereocenters. The standard InChI is InChI=1S/C34H24O/c1-2-35-28-21-11-20-27-30(23-12-5-3-6-13-23)33-25-18-9-16-22-17-10-19-26(29(22)25)34(33)31(32(27)28)24-14-7-4-8-15-24/h3-21H,2H2,1H3. The van der Waals surface area contributed by atoms with Gasteiger partial charge in [0.15, 0.2) is 0 Å². The lowest BCUT2D eigenvalue weighted by Gasteiger charge is -2.22. The molecule has 0 spiro atoms. The lowest BCUT2D eigenvalue weighted by atomic mass is 9.82. The summed E-state index contributed by atoms with van der Waals surface area (Å²) in [4.78, 5) is 0. The second-order valence-electron chi connectivity index (χ2n) is 9.05. The van der Waals surface area contributed by atoms with Crippen LogP contribution in [0.4, 0.5) is 0 Å². The smallest absolute Gasteiger partial charge is 0.127 e. The minimum absolute atomic E-state index is 0.626. The van der Waals surface area contributed by atoms with Crippen LogP contribution < -0.4 is 4.74 Å². The SMILES string of the molecule is CCOc1cccc2c(-c3ccccc3)c3c(c(-c4ccccc4)c12)-c1cccc2cccc-3c12. The van der Waals surface area contributed by atoms with Crippen molar-refractivity contribution in [2.24, 2.45) is 0 Å². The number of hydrogen-bond acceptors (Lipinski definition) is 1. The molecule has 1 aliphatic rings. The third-order valence-corrected chi connectivity index (χ3v) is 7.16. The van der Waals surface area contributed by atoms with Crippen molar-refractivity contribution in [1.82, 2.24) is 0 Å². The van der Waals surface area contributed by atoms with Crippen molar-refractivity contribution >= 4 is 21.5 Å². The second kappa shape index (κ2) is 7.85. The fourth-order valence-corrected chi connectivity index (χ4v) is 5.88. The van der Waals surface area contributed by atoms with Crippen LogP contribution in [0.1, 0.15) is 6.92 Å². The third kappa shape index (κ3) is 2.88. The zero-order valence-electron chi connectivity index (χ0n) is 19.6. The van der Waals surface area contributed by atoms with Crippen LogP contribution in [0.3, 0.4) is 0 Å². The molecule has 6 aromatic rings. The minimum atomic E-state index is 0.626. The number of fused-ring (bicyclic) bond motifs is 4. The first kappa shape index (κ1) is 20.1. The van der Waals surface area contributed by atoms with E-state index in [0.29, 0.717) is 6.61 Å². The quantitative estimate of drug-likeness (QED) is 0.261. The Morgan fingerprint density at radius 3 is 1.69 bits per heavy atom. The fraction of sp³-hybridized carbons (Fsp3) is 0.0588. The molecule has 6 aromatic carbocycles. The molecule has 1 aliphatic carbocycles. The molecule has 166 valence electrons. The highest BCUT2D eigenvalue weighted by Crippen LogP contribution is 2.58. The minimum Gasteiger partial charge on any atom is -0.493 e. The molecule has 0 heterocycles. The maximum Gasteiger partial charge on any atom is 0.127 e. The van der Waals surface area contributed by atoms with Gasteiger partial charge >= 0.3 is 0 Å². The molecule has 7 rings (SSSR count). The largest absolute Gasteiger partial charge is 0.493 e. The summed E-state index contributed by atoms with van der Waals surface area (Å²) in [6.45, 7) is 2.68. The Morgan fingerprint density at radius 1 is 0.486 bits per heavy atom. The van der Waals surface area contributed by atoms with Crippen LogP contribution in [0.15, 0.2) is 115 Å². The summed E-state index contributed by atoms with van der Waals surface area (Å²) < 4.78 is 6.28. The first-order valence-electron chi connectivity index (χ1n) is 12.3. The van der Waals surface area contributed by atoms with E-state index in [1.807, 2.05) is 0 Å². The van der Waals surface area contributed by atoms with Gasteiger partial charge in [-0.2, -0.15) is 0 Å². The Balaban J connectivity index is 1.78. The van der Waals surface area contributed by atoms with Crippen LogP contribution in [0, 0.1) is 0 Å². The van der Waals surface area contributed by atoms with E-state index in [0.717, 1.165) is 5.75 Å². The average Bonchev–Trinajstić information content (AvgIpc) is 3.24. The maximum absolute atomic E-state index is 6.28. The van der Waals surface area contributed by atoms with Crippen LogP contribution >= 0.6 is 0 Å². The van der Waals surface area contributed by atoms with Gasteiger partial charge in [-0.15, -0.1) is 0 Å². The van der Waals surface area contributed by atoms with Crippen molar-refractivity contribution in [2.75, 3.05) is 6.61 Å². The Labute approximate surface area is 205 Å². The molecule has 0 saturated heterocycles. The van der Waals surface area contributed by atoms with Gasteiger partial charge in [0.05, 0.1) is 6.61 Å². The molecule has 35 heavy (non-hydrogen) atoms. The van der Waals surface area contributed by atoms with Crippen molar-refractivity contribution in [3.05, 3.63) is 115 Å². The van der Waals surface area contributed by atoms with Crippen LogP contribution in [0.2, 0.25) is 0 Å². The Morgan fingerprint density at radius 2 is 1.06 bits per heavy atom. The Bertz CT molecular complexity index is 1730. The predicted octanol–water partition coefficient (Wildman–Crippen LogP) is 9.37. The highest BCUT2D eigenvalue weighted by Gasteiger charge is 2.31. The summed E-state index contributed by atoms with van der Waals surface area (Å²) in [5.74, 6) is 0.937. The summed E-state index contributed by atoms with van der Waals surface area (Å²) >= 11 is 0. The van der Waals surface area contributed by atoms with Crippen molar-refractivity contribution in [2.45, 2.75) is 6.92 Å². The molecule has 0 aromatic heterocycles. The average molecular weight is 449 g/mol. The van der Waals surface area contributed by atoms with Crippen LogP contribution in [0.5, 0.6) is 5.75 Å². The molecule has 0 radical (unpaired) electrons. The van der Waals surface area contributed by atoms with E-state index in [2.05, 4.69) is 122 Å². The van der Waals surface area contributed by atoms with Crippen molar-refractivity contribution < 1.29 is 4.74 Å². The first-order chi connectivity index (χ1) is 17.4. The molecule has 0 fully saturated rings. The normalized spacial score (nSPS) is 11.7. The lowest BCUT2D eigenvalue weighted by Crippen LogP contribution is -1.98. The molecule has 0 N–H and O–H groups in total. The molecular weight excluding hydrogens is 424 g/mol. The molecule has 0 bridgehead atoms. The summed E-state index contributed by atoms with van der Waals surface area (Å²) in [6.07, 6.45) is 0. The first-order valence-corrected chi connectivity index (χ1v) is 12.3. The topological polar surface area (TPSA) is 9.23 Å². The van der Waals surface area contributed by atoms with Gasteiger partial charge in [-0.05, 0) is 68.1 Å². The van der Waals surface area contributed by atoms with E-state index in [4.69, 9.17) is 4.74 Å². The number of rotatable bonds is 4. The highest BCUT2D eigenvalue weighted by molar-refractivity contribution is 6.28. The van der Waals surface area contributed by atoms with E-state index in [1.54, 1.807) is 0 Å². The van der Waals surface area contributed by atoms with Gasteiger partial charge in [0.1, 0.15) is 5.75 Å². The summed E-state index contributed by atoms with van der Waals surface area (Å²) in [5, 5.41) is 5.03. The number of hydrogen-bond donors (Lipinski definition) is 0. The lowest BCUT2D eigenvalue weighted by molar-refractivity contribution is 0.344. The Hall–Kier alpha value is -4.36. The van der Waals surface area contributed by atoms with E-state index < -0.39 is 0 Å². The number of ether oxygens (including phenoxy) is 1. The molecule has 0 saturated carbocycles. The van der Waals surface area contributed by atoms with E-state index in [9.17, 15) is 0 Å². The molecule has 0 amide bonds. The van der Waals surface area contributed by atoms with Gasteiger partial charge in [-0.25, -0.2) is 0 Å². The third-order valence-electron chi connectivity index (χ3n) is 7.16. The van der Waals surface area contributed by atoms with Gasteiger partial charge in [0.2, 0.25) is 0 Å². The van der Waals surface area contributed by atoms with Crippen LogP contribution in [-0.4, -0.2) is 6.61 Å². The zero-order valence-corrected chi connectivity index (χ0v) is 19.6. The van der Waals surface area contributed by atoms with E-state index in [1.165, 1.54) is 66.1 Å². The number of benzene rings is 6. The predicted molar refractivity (Wildman–Crippen MR) is 148 cm³/mol. The summed E-state index contributed by atoms with van der Waals surface area (Å²) in [7, 11) is 0. The van der Waals surface area contributed by atoms with Gasteiger partial charge in [0, 0.05) is 10.9 Å². The summed E-state index contributed by atoms with van der Waals surface area (Å²) in [5.41, 5.74) is 10.2. The van der Waals surface area contributed by atoms with E-state index in [-0.39, 0.29) is 0 Å². The maximum atomic E-state index is 6.28. The van der Waals surface area contributed by atoms with Crippen molar-refractivity contribution in [3.63, 3.8) is 0 Å². The van der Waals surface area contributed by atoms with Gasteiger partial charge in [-0.3, -0.25) is 0 Å². The zero-order chi connectivity index (χ0) is 23.4. The molecule has 1 nitrogen and oxygen atoms in total. The van der Waals surface area contributed by atoms with Gasteiger partial charge < -0.3 is 4.74 Å². The molecule has 0 unspecified atom stereocenters. The molecular formula is C34H24O. The second-order valence-corrected chi connectivity index (χ2v) is 9.05. The molecule has 1 heteroatoms. The van der Waals surface area contributed by atoms with Crippen LogP contribution in [-0.2, 0) is 0 Å². The summed E-state index contributed by atoms with van der Waals surface area (Å²) in [6, 6.07) is 41.5. The molecule has 0 aliphatic heterocycles. The van der Waals surface area contributed by atoms with Gasteiger partial charge in [-0.1, -0.05) is 109 Å². The Kier molecular flexibility index (Phi) is 4.50. The van der Waals surface area contributed by atoms with Gasteiger partial charge in [0.25, 0.3) is 0 Å². The van der Waals surface area contributed by atoms with E-state index >= 15 is 0 Å². The fourth-order valence-electron chi connectivity index (χ4n) is 5.88. The monoisotopic (exact) mass is 448 g/mol. The van der Waals surface area contributed by atoms with Crippen molar-refractivity contribution in [1.29, 1.82) is 0 Å². The van der Waals surface area contributed by atoms with Crippen LogP contribution in [0.25, 0.3) is 66.1 Å². The van der Waals surface area contributed by atoms with Crippen molar-refractivity contribution in [3.8, 4) is 50.3 Å².